The van der Waals surface area contributed by atoms with Gasteiger partial charge in [0, 0.05) is 37.9 Å². The van der Waals surface area contributed by atoms with Crippen molar-refractivity contribution in [1.82, 2.24) is 23.9 Å². The number of benzene rings is 6. The van der Waals surface area contributed by atoms with Gasteiger partial charge >= 0.3 is 0 Å². The van der Waals surface area contributed by atoms with E-state index in [4.69, 9.17) is 15.0 Å². The third kappa shape index (κ3) is 3.34. The first-order valence-electron chi connectivity index (χ1n) is 15.7. The molecule has 0 spiro atoms. The van der Waals surface area contributed by atoms with Gasteiger partial charge in [-0.05, 0) is 24.3 Å². The first kappa shape index (κ1) is 25.1. The molecule has 0 saturated carbocycles. The van der Waals surface area contributed by atoms with Crippen LogP contribution in [-0.2, 0) is 0 Å². The molecule has 0 aliphatic heterocycles. The van der Waals surface area contributed by atoms with Crippen LogP contribution in [0.5, 0.6) is 0 Å². The lowest BCUT2D eigenvalue weighted by Gasteiger charge is -2.12. The van der Waals surface area contributed by atoms with Gasteiger partial charge in [0.2, 0.25) is 5.95 Å². The molecule has 0 bridgehead atoms. The van der Waals surface area contributed by atoms with Crippen LogP contribution in [0.3, 0.4) is 0 Å². The number of pyridine rings is 1. The molecule has 11 rings (SSSR count). The van der Waals surface area contributed by atoms with Gasteiger partial charge in [-0.15, -0.1) is 11.3 Å². The monoisotopic (exact) mass is 617 g/mol. The molecule has 5 heterocycles. The quantitative estimate of drug-likeness (QED) is 0.194. The fourth-order valence-corrected chi connectivity index (χ4v) is 8.85. The Morgan fingerprint density at radius 1 is 0.426 bits per heavy atom. The van der Waals surface area contributed by atoms with E-state index in [2.05, 4.69) is 142 Å². The van der Waals surface area contributed by atoms with Gasteiger partial charge in [-0.2, -0.15) is 0 Å². The minimum absolute atomic E-state index is 0.668. The molecule has 0 saturated heterocycles. The van der Waals surface area contributed by atoms with Gasteiger partial charge in [0.15, 0.2) is 0 Å². The average molecular weight is 618 g/mol. The van der Waals surface area contributed by atoms with Crippen molar-refractivity contribution in [2.24, 2.45) is 0 Å². The highest BCUT2D eigenvalue weighted by Gasteiger charge is 2.23. The van der Waals surface area contributed by atoms with Gasteiger partial charge in [0.1, 0.15) is 5.65 Å². The number of aromatic nitrogens is 5. The maximum absolute atomic E-state index is 5.35. The van der Waals surface area contributed by atoms with Crippen molar-refractivity contribution in [2.75, 3.05) is 0 Å². The van der Waals surface area contributed by atoms with Crippen LogP contribution in [-0.4, -0.2) is 23.9 Å². The predicted octanol–water partition coefficient (Wildman–Crippen LogP) is 10.7. The molecule has 47 heavy (non-hydrogen) atoms. The number of hydrogen-bond acceptors (Lipinski definition) is 4. The van der Waals surface area contributed by atoms with E-state index in [0.29, 0.717) is 5.95 Å². The first-order chi connectivity index (χ1) is 23.3. The second-order valence-electron chi connectivity index (χ2n) is 12.0. The van der Waals surface area contributed by atoms with Crippen LogP contribution in [0.25, 0.3) is 97.7 Å². The zero-order valence-electron chi connectivity index (χ0n) is 24.9. The molecule has 6 heteroatoms. The number of thiophene rings is 1. The number of hydrogen-bond donors (Lipinski definition) is 0. The smallest absolute Gasteiger partial charge is 0.235 e. The Hall–Kier alpha value is -6.11. The zero-order chi connectivity index (χ0) is 30.6. The van der Waals surface area contributed by atoms with E-state index >= 15 is 0 Å². The topological polar surface area (TPSA) is 48.0 Å². The Balaban J connectivity index is 1.36. The molecule has 0 radical (unpaired) electrons. The third-order valence-corrected chi connectivity index (χ3v) is 10.7. The molecule has 5 nitrogen and oxygen atoms in total. The summed E-state index contributed by atoms with van der Waals surface area (Å²) in [4.78, 5) is 15.7. The van der Waals surface area contributed by atoms with Crippen molar-refractivity contribution < 1.29 is 0 Å². The molecule has 0 aliphatic carbocycles. The van der Waals surface area contributed by atoms with Gasteiger partial charge in [0.25, 0.3) is 0 Å². The largest absolute Gasteiger partial charge is 0.290 e. The van der Waals surface area contributed by atoms with Gasteiger partial charge in [-0.1, -0.05) is 115 Å². The van der Waals surface area contributed by atoms with E-state index in [1.54, 1.807) is 0 Å². The minimum Gasteiger partial charge on any atom is -0.290 e. The van der Waals surface area contributed by atoms with Crippen LogP contribution in [0.2, 0.25) is 0 Å². The van der Waals surface area contributed by atoms with Crippen molar-refractivity contribution in [3.63, 3.8) is 0 Å². The number of imidazole rings is 1. The molecular formula is C41H23N5S. The van der Waals surface area contributed by atoms with E-state index in [1.807, 2.05) is 17.4 Å². The molecule has 0 atom stereocenters. The normalized spacial score (nSPS) is 12.3. The fourth-order valence-electron chi connectivity index (χ4n) is 7.49. The van der Waals surface area contributed by atoms with E-state index < -0.39 is 0 Å². The first-order valence-corrected chi connectivity index (χ1v) is 16.5. The van der Waals surface area contributed by atoms with Crippen LogP contribution >= 0.6 is 11.3 Å². The number of fused-ring (bicyclic) bond motifs is 15. The molecule has 0 unspecified atom stereocenters. The summed E-state index contributed by atoms with van der Waals surface area (Å²) in [5, 5.41) is 6.98. The highest BCUT2D eigenvalue weighted by Crippen LogP contribution is 2.46. The summed E-state index contributed by atoms with van der Waals surface area (Å²) in [6.07, 6.45) is 0. The van der Waals surface area contributed by atoms with Gasteiger partial charge in [0.05, 0.1) is 48.2 Å². The molecule has 11 aromatic rings. The van der Waals surface area contributed by atoms with Crippen molar-refractivity contribution in [3.05, 3.63) is 140 Å². The third-order valence-electron chi connectivity index (χ3n) is 9.50. The predicted molar refractivity (Wildman–Crippen MR) is 196 cm³/mol. The highest BCUT2D eigenvalue weighted by molar-refractivity contribution is 7.27. The summed E-state index contributed by atoms with van der Waals surface area (Å²) in [6.45, 7) is 0. The molecule has 0 N–H and O–H groups in total. The molecule has 218 valence electrons. The Bertz CT molecular complexity index is 3080. The van der Waals surface area contributed by atoms with E-state index in [9.17, 15) is 0 Å². The van der Waals surface area contributed by atoms with Crippen LogP contribution < -0.4 is 0 Å². The molecule has 5 aromatic heterocycles. The second-order valence-corrected chi connectivity index (χ2v) is 13.1. The Kier molecular flexibility index (Phi) is 4.93. The summed E-state index contributed by atoms with van der Waals surface area (Å²) < 4.78 is 7.11. The summed E-state index contributed by atoms with van der Waals surface area (Å²) in [6, 6.07) is 49.1. The number of rotatable bonds is 2. The fraction of sp³-hybridized carbons (Fsp3) is 0. The Morgan fingerprint density at radius 3 is 1.91 bits per heavy atom. The molecule has 0 fully saturated rings. The molecule has 6 aromatic carbocycles. The van der Waals surface area contributed by atoms with Gasteiger partial charge in [-0.3, -0.25) is 8.97 Å². The lowest BCUT2D eigenvalue weighted by Crippen LogP contribution is -2.03. The maximum Gasteiger partial charge on any atom is 0.235 e. The van der Waals surface area contributed by atoms with Crippen LogP contribution in [0.15, 0.2) is 140 Å². The van der Waals surface area contributed by atoms with Gasteiger partial charge in [-0.25, -0.2) is 15.0 Å². The molecule has 0 amide bonds. The van der Waals surface area contributed by atoms with Crippen molar-refractivity contribution >= 4 is 91.8 Å². The minimum atomic E-state index is 0.668. The van der Waals surface area contributed by atoms with Crippen molar-refractivity contribution in [2.45, 2.75) is 0 Å². The number of para-hydroxylation sites is 4. The standard InChI is InChI=1S/C41H23N5S/c1-2-12-24(13-3-1)35-29-17-6-8-18-31(29)43-41(44-35)46-33-20-10-7-14-25(33)26-22-23-30-37-38(47-39(30)36(26)46)27-15-4-5-16-28(27)40-42-32-19-9-11-21-34(32)45(37)40/h1-23H. The maximum atomic E-state index is 5.35. The SMILES string of the molecule is c1ccc(-c2nc(-n3c4ccccc4c4ccc5c(sc6c7ccccc7c7nc8ccccc8n7c56)c43)nc3ccccc23)cc1. The van der Waals surface area contributed by atoms with Crippen molar-refractivity contribution in [3.8, 4) is 17.2 Å². The lowest BCUT2D eigenvalue weighted by atomic mass is 10.1. The number of nitrogens with zero attached hydrogens (tertiary/aromatic N) is 5. The molecule has 0 aliphatic rings. The van der Waals surface area contributed by atoms with E-state index in [0.717, 1.165) is 55.3 Å². The van der Waals surface area contributed by atoms with Crippen LogP contribution in [0.1, 0.15) is 0 Å². The van der Waals surface area contributed by atoms with Crippen molar-refractivity contribution in [1.29, 1.82) is 0 Å². The summed E-state index contributed by atoms with van der Waals surface area (Å²) in [7, 11) is 0. The van der Waals surface area contributed by atoms with E-state index in [-0.39, 0.29) is 0 Å². The summed E-state index contributed by atoms with van der Waals surface area (Å²) in [5.74, 6) is 0.668. The van der Waals surface area contributed by atoms with Gasteiger partial charge < -0.3 is 0 Å². The van der Waals surface area contributed by atoms with Crippen LogP contribution in [0.4, 0.5) is 0 Å². The highest BCUT2D eigenvalue weighted by atomic mass is 32.1. The second kappa shape index (κ2) is 9.22. The Morgan fingerprint density at radius 2 is 1.06 bits per heavy atom. The zero-order valence-corrected chi connectivity index (χ0v) is 25.7. The lowest BCUT2D eigenvalue weighted by molar-refractivity contribution is 1.02. The Labute approximate surface area is 271 Å². The summed E-state index contributed by atoms with van der Waals surface area (Å²) >= 11 is 1.85. The van der Waals surface area contributed by atoms with Crippen LogP contribution in [0, 0.1) is 0 Å². The molecular weight excluding hydrogens is 595 g/mol. The summed E-state index contributed by atoms with van der Waals surface area (Å²) in [5.41, 5.74) is 9.42. The van der Waals surface area contributed by atoms with E-state index in [1.165, 1.54) is 36.5 Å². The average Bonchev–Trinajstić information content (AvgIpc) is 3.82.